The summed E-state index contributed by atoms with van der Waals surface area (Å²) in [5, 5.41) is 5.48. The molecule has 0 aliphatic heterocycles. The van der Waals surface area contributed by atoms with E-state index in [4.69, 9.17) is 4.74 Å². The summed E-state index contributed by atoms with van der Waals surface area (Å²) in [4.78, 5) is 27.4. The van der Waals surface area contributed by atoms with E-state index in [9.17, 15) is 9.59 Å². The highest BCUT2D eigenvalue weighted by Gasteiger charge is 2.19. The van der Waals surface area contributed by atoms with E-state index in [1.54, 1.807) is 18.3 Å². The van der Waals surface area contributed by atoms with E-state index < -0.39 is 0 Å². The van der Waals surface area contributed by atoms with Gasteiger partial charge in [0.25, 0.3) is 5.91 Å². The second kappa shape index (κ2) is 9.25. The normalized spacial score (nSPS) is 20.7. The number of carbonyl (C=O) groups excluding carboxylic acids is 2. The van der Waals surface area contributed by atoms with Crippen molar-refractivity contribution in [1.29, 1.82) is 0 Å². The van der Waals surface area contributed by atoms with Gasteiger partial charge in [-0.3, -0.25) is 14.6 Å². The lowest BCUT2D eigenvalue weighted by molar-refractivity contribution is -0.128. The lowest BCUT2D eigenvalue weighted by Crippen LogP contribution is -2.37. The summed E-state index contributed by atoms with van der Waals surface area (Å²) >= 11 is 0. The number of rotatable bonds is 7. The fourth-order valence-corrected chi connectivity index (χ4v) is 2.75. The van der Waals surface area contributed by atoms with Crippen molar-refractivity contribution < 1.29 is 14.3 Å². The summed E-state index contributed by atoms with van der Waals surface area (Å²) < 4.78 is 5.65. The first-order valence-electron chi connectivity index (χ1n) is 8.21. The molecule has 2 unspecified atom stereocenters. The molecule has 1 fully saturated rings. The molecular weight excluding hydrogens is 294 g/mol. The number of amides is 2. The second-order valence-electron chi connectivity index (χ2n) is 6.05. The summed E-state index contributed by atoms with van der Waals surface area (Å²) in [6, 6.07) is 3.40. The average Bonchev–Trinajstić information content (AvgIpc) is 2.57. The van der Waals surface area contributed by atoms with Crippen molar-refractivity contribution in [3.05, 3.63) is 30.1 Å². The standard InChI is InChI=1S/C17H25N3O3/c1-13-4-2-6-15(10-13)23-12-16(21)19-8-9-20-17(22)14-5-3-7-18-11-14/h3,5,7,11,13,15H,2,4,6,8-10,12H2,1H3,(H,19,21)(H,20,22). The number of aromatic nitrogens is 1. The molecule has 0 bridgehead atoms. The number of nitrogens with one attached hydrogen (secondary N) is 2. The number of hydrogen-bond acceptors (Lipinski definition) is 4. The first kappa shape index (κ1) is 17.4. The topological polar surface area (TPSA) is 80.3 Å². The van der Waals surface area contributed by atoms with Gasteiger partial charge in [-0.1, -0.05) is 19.8 Å². The molecule has 23 heavy (non-hydrogen) atoms. The third-order valence-corrected chi connectivity index (χ3v) is 3.99. The van der Waals surface area contributed by atoms with E-state index >= 15 is 0 Å². The molecule has 1 heterocycles. The van der Waals surface area contributed by atoms with Gasteiger partial charge in [-0.15, -0.1) is 0 Å². The van der Waals surface area contributed by atoms with Gasteiger partial charge in [-0.2, -0.15) is 0 Å². The molecule has 1 aliphatic rings. The molecular formula is C17H25N3O3. The smallest absolute Gasteiger partial charge is 0.252 e. The predicted octanol–water partition coefficient (Wildman–Crippen LogP) is 1.52. The first-order valence-corrected chi connectivity index (χ1v) is 8.21. The zero-order valence-electron chi connectivity index (χ0n) is 13.6. The number of carbonyl (C=O) groups is 2. The number of pyridine rings is 1. The highest BCUT2D eigenvalue weighted by atomic mass is 16.5. The summed E-state index contributed by atoms with van der Waals surface area (Å²) in [7, 11) is 0. The van der Waals surface area contributed by atoms with Crippen LogP contribution in [0.1, 0.15) is 43.0 Å². The van der Waals surface area contributed by atoms with Crippen molar-refractivity contribution in [3.8, 4) is 0 Å². The largest absolute Gasteiger partial charge is 0.368 e. The van der Waals surface area contributed by atoms with Crippen molar-refractivity contribution >= 4 is 11.8 Å². The van der Waals surface area contributed by atoms with Crippen LogP contribution in [0.25, 0.3) is 0 Å². The maximum absolute atomic E-state index is 11.8. The second-order valence-corrected chi connectivity index (χ2v) is 6.05. The minimum atomic E-state index is -0.195. The average molecular weight is 319 g/mol. The lowest BCUT2D eigenvalue weighted by atomic mass is 9.89. The molecule has 2 rings (SSSR count). The minimum absolute atomic E-state index is 0.0912. The summed E-state index contributed by atoms with van der Waals surface area (Å²) in [5.74, 6) is 0.346. The third kappa shape index (κ3) is 6.36. The number of hydrogen-bond donors (Lipinski definition) is 2. The van der Waals surface area contributed by atoms with E-state index in [0.717, 1.165) is 12.8 Å². The zero-order chi connectivity index (χ0) is 16.5. The van der Waals surface area contributed by atoms with Gasteiger partial charge in [0.2, 0.25) is 5.91 Å². The van der Waals surface area contributed by atoms with Gasteiger partial charge < -0.3 is 15.4 Å². The Morgan fingerprint density at radius 1 is 1.30 bits per heavy atom. The minimum Gasteiger partial charge on any atom is -0.368 e. The Bertz CT molecular complexity index is 507. The SMILES string of the molecule is CC1CCCC(OCC(=O)NCCNC(=O)c2cccnc2)C1. The van der Waals surface area contributed by atoms with Crippen molar-refractivity contribution in [2.75, 3.05) is 19.7 Å². The lowest BCUT2D eigenvalue weighted by Gasteiger charge is -2.26. The molecule has 1 aromatic heterocycles. The quantitative estimate of drug-likeness (QED) is 0.747. The van der Waals surface area contributed by atoms with Crippen molar-refractivity contribution in [1.82, 2.24) is 15.6 Å². The van der Waals surface area contributed by atoms with Gasteiger partial charge in [0.05, 0.1) is 11.7 Å². The Morgan fingerprint density at radius 3 is 2.87 bits per heavy atom. The van der Waals surface area contributed by atoms with E-state index in [2.05, 4.69) is 22.5 Å². The Morgan fingerprint density at radius 2 is 2.13 bits per heavy atom. The highest BCUT2D eigenvalue weighted by molar-refractivity contribution is 5.93. The molecule has 2 atom stereocenters. The van der Waals surface area contributed by atoms with Crippen LogP contribution >= 0.6 is 0 Å². The fourth-order valence-electron chi connectivity index (χ4n) is 2.75. The van der Waals surface area contributed by atoms with Crippen LogP contribution in [0.4, 0.5) is 0 Å². The van der Waals surface area contributed by atoms with Crippen molar-refractivity contribution in [2.24, 2.45) is 5.92 Å². The molecule has 0 spiro atoms. The summed E-state index contributed by atoms with van der Waals surface area (Å²) in [6.45, 7) is 3.07. The Balaban J connectivity index is 1.55. The van der Waals surface area contributed by atoms with Crippen LogP contribution in [-0.4, -0.2) is 42.6 Å². The van der Waals surface area contributed by atoms with Crippen molar-refractivity contribution in [2.45, 2.75) is 38.7 Å². The van der Waals surface area contributed by atoms with Gasteiger partial charge in [-0.25, -0.2) is 0 Å². The molecule has 0 aromatic carbocycles. The summed E-state index contributed by atoms with van der Waals surface area (Å²) in [6.07, 6.45) is 7.83. The van der Waals surface area contributed by atoms with Gasteiger partial charge >= 0.3 is 0 Å². The van der Waals surface area contributed by atoms with E-state index in [0.29, 0.717) is 24.6 Å². The molecule has 0 radical (unpaired) electrons. The Labute approximate surface area is 137 Å². The fraction of sp³-hybridized carbons (Fsp3) is 0.588. The molecule has 6 nitrogen and oxygen atoms in total. The van der Waals surface area contributed by atoms with Gasteiger partial charge in [0, 0.05) is 25.5 Å². The maximum atomic E-state index is 11.8. The predicted molar refractivity (Wildman–Crippen MR) is 87.0 cm³/mol. The Hall–Kier alpha value is -1.95. The van der Waals surface area contributed by atoms with Crippen LogP contribution in [0.2, 0.25) is 0 Å². The molecule has 1 saturated carbocycles. The number of nitrogens with zero attached hydrogens (tertiary/aromatic N) is 1. The summed E-state index contributed by atoms with van der Waals surface area (Å²) in [5.41, 5.74) is 0.508. The van der Waals surface area contributed by atoms with Gasteiger partial charge in [0.15, 0.2) is 0 Å². The highest BCUT2D eigenvalue weighted by Crippen LogP contribution is 2.25. The number of ether oxygens (including phenoxy) is 1. The zero-order valence-corrected chi connectivity index (χ0v) is 13.6. The molecule has 126 valence electrons. The molecule has 1 aromatic rings. The molecule has 2 N–H and O–H groups in total. The van der Waals surface area contributed by atoms with Crippen LogP contribution in [0.5, 0.6) is 0 Å². The van der Waals surface area contributed by atoms with Crippen molar-refractivity contribution in [3.63, 3.8) is 0 Å². The maximum Gasteiger partial charge on any atom is 0.252 e. The van der Waals surface area contributed by atoms with Crippen LogP contribution < -0.4 is 10.6 Å². The van der Waals surface area contributed by atoms with E-state index in [1.807, 2.05) is 0 Å². The molecule has 2 amide bonds. The van der Waals surface area contributed by atoms with E-state index in [1.165, 1.54) is 19.0 Å². The monoisotopic (exact) mass is 319 g/mol. The van der Waals surface area contributed by atoms with Crippen LogP contribution in [-0.2, 0) is 9.53 Å². The molecule has 0 saturated heterocycles. The molecule has 6 heteroatoms. The third-order valence-electron chi connectivity index (χ3n) is 3.99. The van der Waals surface area contributed by atoms with Gasteiger partial charge in [-0.05, 0) is 30.9 Å². The van der Waals surface area contributed by atoms with Crippen LogP contribution in [0, 0.1) is 5.92 Å². The van der Waals surface area contributed by atoms with Gasteiger partial charge in [0.1, 0.15) is 6.61 Å². The molecule has 1 aliphatic carbocycles. The van der Waals surface area contributed by atoms with Crippen LogP contribution in [0.3, 0.4) is 0 Å². The first-order chi connectivity index (χ1) is 11.1. The Kier molecular flexibility index (Phi) is 7.00. The van der Waals surface area contributed by atoms with E-state index in [-0.39, 0.29) is 24.5 Å². The van der Waals surface area contributed by atoms with Crippen LogP contribution in [0.15, 0.2) is 24.5 Å².